The summed E-state index contributed by atoms with van der Waals surface area (Å²) in [5.41, 5.74) is 10.9. The van der Waals surface area contributed by atoms with Crippen molar-refractivity contribution in [3.05, 3.63) is 53.1 Å². The van der Waals surface area contributed by atoms with E-state index in [9.17, 15) is 5.26 Å². The fourth-order valence-electron chi connectivity index (χ4n) is 4.66. The van der Waals surface area contributed by atoms with Gasteiger partial charge in [-0.15, -0.1) is 0 Å². The summed E-state index contributed by atoms with van der Waals surface area (Å²) in [4.78, 5) is 2.36. The lowest BCUT2D eigenvalue weighted by Gasteiger charge is -2.30. The lowest BCUT2D eigenvalue weighted by molar-refractivity contribution is 0.408. The van der Waals surface area contributed by atoms with Crippen LogP contribution in [0.2, 0.25) is 0 Å². The van der Waals surface area contributed by atoms with Gasteiger partial charge < -0.3 is 15.4 Å². The number of nitrogens with two attached hydrogens (primary N) is 1. The number of ether oxygens (including phenoxy) is 1. The van der Waals surface area contributed by atoms with Gasteiger partial charge in [-0.1, -0.05) is 30.3 Å². The van der Waals surface area contributed by atoms with Gasteiger partial charge >= 0.3 is 0 Å². The molecule has 0 saturated carbocycles. The van der Waals surface area contributed by atoms with Crippen molar-refractivity contribution in [1.82, 2.24) is 0 Å². The maximum atomic E-state index is 10.3. The van der Waals surface area contributed by atoms with Crippen molar-refractivity contribution in [2.45, 2.75) is 37.6 Å². The summed E-state index contributed by atoms with van der Waals surface area (Å²) in [6.07, 6.45) is 2.83. The fourth-order valence-corrected chi connectivity index (χ4v) is 4.66. The molecule has 1 saturated heterocycles. The summed E-state index contributed by atoms with van der Waals surface area (Å²) in [6, 6.07) is 15.2. The second-order valence-corrected chi connectivity index (χ2v) is 7.11. The molecule has 2 heterocycles. The molecule has 4 heteroatoms. The van der Waals surface area contributed by atoms with E-state index in [0.717, 1.165) is 47.6 Å². The van der Waals surface area contributed by atoms with E-state index in [4.69, 9.17) is 10.5 Å². The molecule has 0 unspecified atom stereocenters. The van der Waals surface area contributed by atoms with Crippen molar-refractivity contribution < 1.29 is 4.74 Å². The summed E-state index contributed by atoms with van der Waals surface area (Å²) >= 11 is 0. The van der Waals surface area contributed by atoms with Gasteiger partial charge in [0.15, 0.2) is 0 Å². The van der Waals surface area contributed by atoms with Gasteiger partial charge in [-0.25, -0.2) is 0 Å². The van der Waals surface area contributed by atoms with Gasteiger partial charge in [0.05, 0.1) is 30.6 Å². The predicted molar refractivity (Wildman–Crippen MR) is 99.9 cm³/mol. The van der Waals surface area contributed by atoms with Crippen LogP contribution in [0.4, 0.5) is 11.4 Å². The second kappa shape index (κ2) is 5.70. The first-order valence-electron chi connectivity index (χ1n) is 8.81. The first kappa shape index (κ1) is 15.8. The minimum Gasteiger partial charge on any atom is -0.496 e. The van der Waals surface area contributed by atoms with Crippen LogP contribution >= 0.6 is 0 Å². The molecule has 0 aromatic heterocycles. The molecule has 0 aliphatic carbocycles. The van der Waals surface area contributed by atoms with Gasteiger partial charge in [-0.3, -0.25) is 0 Å². The molecule has 4 nitrogen and oxygen atoms in total. The van der Waals surface area contributed by atoms with Gasteiger partial charge in [-0.2, -0.15) is 5.26 Å². The van der Waals surface area contributed by atoms with Crippen LogP contribution < -0.4 is 15.4 Å². The van der Waals surface area contributed by atoms with Crippen LogP contribution in [0.15, 0.2) is 36.4 Å². The van der Waals surface area contributed by atoms with E-state index in [1.807, 2.05) is 31.2 Å². The van der Waals surface area contributed by atoms with Crippen LogP contribution in [0.3, 0.4) is 0 Å². The lowest BCUT2D eigenvalue weighted by Crippen LogP contribution is -2.41. The van der Waals surface area contributed by atoms with Gasteiger partial charge in [0.1, 0.15) is 11.2 Å². The number of nitrogens with zero attached hydrogens (tertiary/aromatic N) is 2. The summed E-state index contributed by atoms with van der Waals surface area (Å²) in [7, 11) is 1.66. The van der Waals surface area contributed by atoms with E-state index < -0.39 is 5.41 Å². The Labute approximate surface area is 148 Å². The van der Waals surface area contributed by atoms with Gasteiger partial charge in [0.25, 0.3) is 0 Å². The van der Waals surface area contributed by atoms with Crippen LogP contribution in [0.5, 0.6) is 5.75 Å². The van der Waals surface area contributed by atoms with E-state index in [-0.39, 0.29) is 6.04 Å². The first-order chi connectivity index (χ1) is 12.1. The smallest absolute Gasteiger partial charge is 0.124 e. The molecule has 4 rings (SSSR count). The number of anilines is 2. The summed E-state index contributed by atoms with van der Waals surface area (Å²) in [5.74, 6) is 0.769. The number of fused-ring (bicyclic) bond motifs is 3. The van der Waals surface area contributed by atoms with Crippen molar-refractivity contribution in [2.24, 2.45) is 0 Å². The molecule has 0 spiro atoms. The van der Waals surface area contributed by atoms with Crippen molar-refractivity contribution in [3.8, 4) is 11.8 Å². The minimum atomic E-state index is -0.581. The molecule has 0 radical (unpaired) electrons. The normalized spacial score (nSPS) is 23.9. The molecule has 2 aliphatic heterocycles. The van der Waals surface area contributed by atoms with Crippen LogP contribution in [0.25, 0.3) is 0 Å². The molecule has 2 atom stereocenters. The number of nitriles is 1. The Hall–Kier alpha value is -2.67. The third-order valence-electron chi connectivity index (χ3n) is 5.89. The van der Waals surface area contributed by atoms with E-state index in [2.05, 4.69) is 23.1 Å². The van der Waals surface area contributed by atoms with E-state index in [1.165, 1.54) is 5.56 Å². The van der Waals surface area contributed by atoms with Gasteiger partial charge in [0, 0.05) is 17.7 Å². The minimum absolute atomic E-state index is 0.182. The molecule has 2 aromatic carbocycles. The van der Waals surface area contributed by atoms with Crippen LogP contribution in [-0.2, 0) is 11.8 Å². The molecule has 0 bridgehead atoms. The monoisotopic (exact) mass is 333 g/mol. The van der Waals surface area contributed by atoms with Crippen molar-refractivity contribution in [1.29, 1.82) is 5.26 Å². The highest BCUT2D eigenvalue weighted by atomic mass is 16.5. The van der Waals surface area contributed by atoms with E-state index >= 15 is 0 Å². The summed E-state index contributed by atoms with van der Waals surface area (Å²) in [6.45, 7) is 2.95. The molecule has 25 heavy (non-hydrogen) atoms. The first-order valence-corrected chi connectivity index (χ1v) is 8.81. The molecular formula is C21H23N3O. The Morgan fingerprint density at radius 2 is 2.12 bits per heavy atom. The average Bonchev–Trinajstić information content (AvgIpc) is 3.20. The number of hydrogen-bond donors (Lipinski definition) is 1. The third-order valence-corrected chi connectivity index (χ3v) is 5.89. The fraction of sp³-hybridized carbons (Fsp3) is 0.381. The number of hydrogen-bond acceptors (Lipinski definition) is 4. The zero-order valence-electron chi connectivity index (χ0n) is 14.7. The maximum absolute atomic E-state index is 10.3. The molecular weight excluding hydrogens is 310 g/mol. The zero-order chi connectivity index (χ0) is 17.6. The SMILES string of the molecule is COc1cc2c(c(N)c1C)N1CCC[C@@H]1[C@]2(C#N)Cc1ccccc1. The molecule has 1 fully saturated rings. The quantitative estimate of drug-likeness (QED) is 0.872. The van der Waals surface area contributed by atoms with Crippen LogP contribution in [0.1, 0.15) is 29.5 Å². The van der Waals surface area contributed by atoms with Crippen LogP contribution in [-0.4, -0.2) is 19.7 Å². The molecule has 2 aromatic rings. The third kappa shape index (κ3) is 2.12. The highest BCUT2D eigenvalue weighted by molar-refractivity contribution is 5.84. The van der Waals surface area contributed by atoms with Gasteiger partial charge in [-0.05, 0) is 37.8 Å². The topological polar surface area (TPSA) is 62.3 Å². The van der Waals surface area contributed by atoms with Gasteiger partial charge in [0.2, 0.25) is 0 Å². The predicted octanol–water partition coefficient (Wildman–Crippen LogP) is 3.57. The Bertz CT molecular complexity index is 856. The Morgan fingerprint density at radius 3 is 2.80 bits per heavy atom. The van der Waals surface area contributed by atoms with Crippen LogP contribution in [0, 0.1) is 18.3 Å². The molecule has 128 valence electrons. The van der Waals surface area contributed by atoms with Crippen molar-refractivity contribution >= 4 is 11.4 Å². The van der Waals surface area contributed by atoms with E-state index in [0.29, 0.717) is 6.42 Å². The standard InChI is InChI=1S/C21H23N3O/c1-14-17(25-2)11-16-20(19(14)23)24-10-6-9-18(24)21(16,13-22)12-15-7-4-3-5-8-15/h3-5,7-8,11,18H,6,9-10,12,23H2,1-2H3/t18-,21+/m1/s1. The average molecular weight is 333 g/mol. The largest absolute Gasteiger partial charge is 0.496 e. The van der Waals surface area contributed by atoms with E-state index in [1.54, 1.807) is 7.11 Å². The zero-order valence-corrected chi connectivity index (χ0v) is 14.7. The number of methoxy groups -OCH3 is 1. The number of rotatable bonds is 3. The Balaban J connectivity index is 1.94. The Kier molecular flexibility index (Phi) is 3.61. The maximum Gasteiger partial charge on any atom is 0.124 e. The summed E-state index contributed by atoms with van der Waals surface area (Å²) < 4.78 is 5.55. The molecule has 2 N–H and O–H groups in total. The van der Waals surface area contributed by atoms with Crippen molar-refractivity contribution in [3.63, 3.8) is 0 Å². The molecule has 0 amide bonds. The second-order valence-electron chi connectivity index (χ2n) is 7.11. The number of benzene rings is 2. The van der Waals surface area contributed by atoms with Crippen molar-refractivity contribution in [2.75, 3.05) is 24.3 Å². The number of nitrogen functional groups attached to an aromatic ring is 1. The highest BCUT2D eigenvalue weighted by Crippen LogP contribution is 2.55. The summed E-state index contributed by atoms with van der Waals surface area (Å²) in [5, 5.41) is 10.3. The lowest BCUT2D eigenvalue weighted by atomic mass is 9.72. The Morgan fingerprint density at radius 1 is 1.36 bits per heavy atom. The molecule has 2 aliphatic rings. The highest BCUT2D eigenvalue weighted by Gasteiger charge is 2.54.